The van der Waals surface area contributed by atoms with Crippen molar-refractivity contribution in [1.82, 2.24) is 19.8 Å². The third-order valence-electron chi connectivity index (χ3n) is 7.37. The largest absolute Gasteiger partial charge is 0.351 e. The number of amides is 2. The van der Waals surface area contributed by atoms with Gasteiger partial charge >= 0.3 is 0 Å². The monoisotopic (exact) mass is 478 g/mol. The lowest BCUT2D eigenvalue weighted by molar-refractivity contribution is -0.133. The summed E-state index contributed by atoms with van der Waals surface area (Å²) in [5, 5.41) is 3.99. The smallest absolute Gasteiger partial charge is 0.290 e. The standard InChI is InChI=1S/C27H31ClN4O2/c1-27(26(34)29-21-8-4-2-3-5-9-21)18-31-23-11-7-6-10-22(23)30-24(31)25(33)32(27)17-16-19-12-14-20(28)15-13-19/h6-7,10-15,21H,2-5,8-9,16-18H2,1H3,(H,29,34). The van der Waals surface area contributed by atoms with Gasteiger partial charge in [0.15, 0.2) is 5.82 Å². The number of carbonyl (C=O) groups is 2. The highest BCUT2D eigenvalue weighted by Gasteiger charge is 2.48. The maximum absolute atomic E-state index is 13.8. The van der Waals surface area contributed by atoms with Crippen LogP contribution in [0.2, 0.25) is 5.02 Å². The number of imidazole rings is 1. The fourth-order valence-electron chi connectivity index (χ4n) is 5.34. The molecule has 5 rings (SSSR count). The number of nitrogens with one attached hydrogen (secondary N) is 1. The predicted molar refractivity (Wildman–Crippen MR) is 134 cm³/mol. The van der Waals surface area contributed by atoms with Gasteiger partial charge in [0.25, 0.3) is 5.91 Å². The predicted octanol–water partition coefficient (Wildman–Crippen LogP) is 4.99. The molecule has 6 nitrogen and oxygen atoms in total. The van der Waals surface area contributed by atoms with Gasteiger partial charge in [-0.05, 0) is 56.0 Å². The summed E-state index contributed by atoms with van der Waals surface area (Å²) in [4.78, 5) is 34.0. The van der Waals surface area contributed by atoms with Crippen molar-refractivity contribution in [2.75, 3.05) is 6.54 Å². The molecule has 2 heterocycles. The number of nitrogens with zero attached hydrogens (tertiary/aromatic N) is 3. The molecule has 1 saturated carbocycles. The Kier molecular flexibility index (Phi) is 6.34. The number of rotatable bonds is 5. The van der Waals surface area contributed by atoms with Gasteiger partial charge in [-0.1, -0.05) is 61.5 Å². The van der Waals surface area contributed by atoms with E-state index in [2.05, 4.69) is 10.3 Å². The van der Waals surface area contributed by atoms with Crippen molar-refractivity contribution in [3.05, 3.63) is 64.9 Å². The lowest BCUT2D eigenvalue weighted by atomic mass is 9.93. The van der Waals surface area contributed by atoms with Crippen molar-refractivity contribution < 1.29 is 9.59 Å². The van der Waals surface area contributed by atoms with Gasteiger partial charge in [0, 0.05) is 17.6 Å². The second-order valence-electron chi connectivity index (χ2n) is 9.78. The number of carbonyl (C=O) groups excluding carboxylic acids is 2. The van der Waals surface area contributed by atoms with Gasteiger partial charge in [-0.15, -0.1) is 0 Å². The van der Waals surface area contributed by atoms with E-state index in [0.29, 0.717) is 30.4 Å². The van der Waals surface area contributed by atoms with Gasteiger partial charge in [-0.3, -0.25) is 9.59 Å². The van der Waals surface area contributed by atoms with Crippen molar-refractivity contribution in [3.8, 4) is 0 Å². The lowest BCUT2D eigenvalue weighted by Gasteiger charge is -2.44. The van der Waals surface area contributed by atoms with Crippen molar-refractivity contribution in [3.63, 3.8) is 0 Å². The Bertz CT molecular complexity index is 1200. The molecule has 1 aliphatic carbocycles. The van der Waals surface area contributed by atoms with E-state index in [1.165, 1.54) is 12.8 Å². The molecular formula is C27H31ClN4O2. The molecule has 34 heavy (non-hydrogen) atoms. The van der Waals surface area contributed by atoms with E-state index in [-0.39, 0.29) is 17.9 Å². The second-order valence-corrected chi connectivity index (χ2v) is 10.2. The Hall–Kier alpha value is -2.86. The number of hydrogen-bond donors (Lipinski definition) is 1. The zero-order valence-corrected chi connectivity index (χ0v) is 20.4. The molecule has 1 atom stereocenters. The van der Waals surface area contributed by atoms with Crippen molar-refractivity contribution in [2.24, 2.45) is 0 Å². The quantitative estimate of drug-likeness (QED) is 0.525. The molecule has 7 heteroatoms. The summed E-state index contributed by atoms with van der Waals surface area (Å²) in [7, 11) is 0. The average Bonchev–Trinajstić information content (AvgIpc) is 3.00. The summed E-state index contributed by atoms with van der Waals surface area (Å²) in [5.74, 6) is 0.124. The first kappa shape index (κ1) is 22.9. The van der Waals surface area contributed by atoms with Crippen LogP contribution in [0.15, 0.2) is 48.5 Å². The number of benzene rings is 2. The Morgan fingerprint density at radius 2 is 1.79 bits per heavy atom. The maximum Gasteiger partial charge on any atom is 0.290 e. The molecule has 0 bridgehead atoms. The van der Waals surface area contributed by atoms with Crippen LogP contribution in [0.5, 0.6) is 0 Å². The first-order valence-electron chi connectivity index (χ1n) is 12.3. The normalized spacial score (nSPS) is 21.4. The average molecular weight is 479 g/mol. The minimum atomic E-state index is -1.01. The third-order valence-corrected chi connectivity index (χ3v) is 7.62. The van der Waals surface area contributed by atoms with Crippen LogP contribution >= 0.6 is 11.6 Å². The zero-order chi connectivity index (χ0) is 23.7. The van der Waals surface area contributed by atoms with Gasteiger partial charge in [0.2, 0.25) is 5.91 Å². The molecule has 1 fully saturated rings. The SMILES string of the molecule is CC1(C(=O)NC2CCCCCC2)Cn2c(nc3ccccc32)C(=O)N1CCc1ccc(Cl)cc1. The van der Waals surface area contributed by atoms with Crippen LogP contribution in [0, 0.1) is 0 Å². The van der Waals surface area contributed by atoms with E-state index in [4.69, 9.17) is 11.6 Å². The summed E-state index contributed by atoms with van der Waals surface area (Å²) in [6.45, 7) is 2.71. The van der Waals surface area contributed by atoms with Crippen molar-refractivity contribution in [1.29, 1.82) is 0 Å². The maximum atomic E-state index is 13.8. The van der Waals surface area contributed by atoms with Crippen LogP contribution in [-0.4, -0.2) is 44.4 Å². The Balaban J connectivity index is 1.47. The summed E-state index contributed by atoms with van der Waals surface area (Å²) in [6, 6.07) is 15.5. The zero-order valence-electron chi connectivity index (χ0n) is 19.6. The van der Waals surface area contributed by atoms with E-state index in [1.807, 2.05) is 60.0 Å². The van der Waals surface area contributed by atoms with Gasteiger partial charge in [0.1, 0.15) is 5.54 Å². The van der Waals surface area contributed by atoms with Crippen LogP contribution < -0.4 is 5.32 Å². The molecule has 0 saturated heterocycles. The van der Waals surface area contributed by atoms with Crippen LogP contribution in [0.4, 0.5) is 0 Å². The summed E-state index contributed by atoms with van der Waals surface area (Å²) >= 11 is 6.04. The first-order chi connectivity index (χ1) is 16.5. The van der Waals surface area contributed by atoms with E-state index in [0.717, 1.165) is 42.3 Å². The lowest BCUT2D eigenvalue weighted by Crippen LogP contribution is -2.65. The number of para-hydroxylation sites is 2. The Morgan fingerprint density at radius 3 is 2.53 bits per heavy atom. The highest BCUT2D eigenvalue weighted by atomic mass is 35.5. The summed E-state index contributed by atoms with van der Waals surface area (Å²) in [6.07, 6.45) is 7.35. The molecule has 0 spiro atoms. The number of aromatic nitrogens is 2. The minimum absolute atomic E-state index is 0.0766. The van der Waals surface area contributed by atoms with Crippen LogP contribution in [0.25, 0.3) is 11.0 Å². The number of fused-ring (bicyclic) bond motifs is 3. The Labute approximate surface area is 205 Å². The molecule has 3 aromatic rings. The van der Waals surface area contributed by atoms with Crippen LogP contribution in [0.3, 0.4) is 0 Å². The minimum Gasteiger partial charge on any atom is -0.351 e. The fraction of sp³-hybridized carbons (Fsp3) is 0.444. The van der Waals surface area contributed by atoms with Crippen molar-refractivity contribution >= 4 is 34.4 Å². The molecule has 1 unspecified atom stereocenters. The molecule has 1 aromatic heterocycles. The second kappa shape index (κ2) is 9.41. The topological polar surface area (TPSA) is 67.2 Å². The van der Waals surface area contributed by atoms with E-state index < -0.39 is 5.54 Å². The van der Waals surface area contributed by atoms with Gasteiger partial charge < -0.3 is 14.8 Å². The summed E-state index contributed by atoms with van der Waals surface area (Å²) in [5.41, 5.74) is 1.73. The van der Waals surface area contributed by atoms with Gasteiger partial charge in [-0.2, -0.15) is 0 Å². The van der Waals surface area contributed by atoms with E-state index >= 15 is 0 Å². The molecule has 178 valence electrons. The number of hydrogen-bond acceptors (Lipinski definition) is 3. The molecule has 2 amide bonds. The number of halogens is 1. The Morgan fingerprint density at radius 1 is 1.09 bits per heavy atom. The molecule has 1 aliphatic heterocycles. The third kappa shape index (κ3) is 4.31. The first-order valence-corrected chi connectivity index (χ1v) is 12.7. The molecule has 2 aliphatic rings. The van der Waals surface area contributed by atoms with Gasteiger partial charge in [0.05, 0.1) is 17.6 Å². The van der Waals surface area contributed by atoms with Crippen molar-refractivity contribution in [2.45, 2.75) is 70.0 Å². The van der Waals surface area contributed by atoms with Crippen LogP contribution in [0.1, 0.15) is 61.6 Å². The molecule has 2 aromatic carbocycles. The van der Waals surface area contributed by atoms with Crippen LogP contribution in [-0.2, 0) is 17.8 Å². The molecular weight excluding hydrogens is 448 g/mol. The van der Waals surface area contributed by atoms with E-state index in [9.17, 15) is 9.59 Å². The highest BCUT2D eigenvalue weighted by molar-refractivity contribution is 6.30. The van der Waals surface area contributed by atoms with E-state index in [1.54, 1.807) is 4.90 Å². The highest BCUT2D eigenvalue weighted by Crippen LogP contribution is 2.31. The molecule has 1 N–H and O–H groups in total. The summed E-state index contributed by atoms with van der Waals surface area (Å²) < 4.78 is 1.92. The molecule has 0 radical (unpaired) electrons. The van der Waals surface area contributed by atoms with Gasteiger partial charge in [-0.25, -0.2) is 4.98 Å². The fourth-order valence-corrected chi connectivity index (χ4v) is 5.46.